The number of benzene rings is 1. The van der Waals surface area contributed by atoms with Crippen molar-refractivity contribution >= 4 is 5.97 Å². The maximum atomic E-state index is 10.9. The third kappa shape index (κ3) is 1.75. The standard InChI is InChI=1S/C11H10N2O3/c1-16-9-4-2-8(3-5-9)13-7-6-12-10(13)11(14)15/h2-7H,1H3,(H,14,15). The molecule has 2 rings (SSSR count). The van der Waals surface area contributed by atoms with Crippen LogP contribution in [0.25, 0.3) is 5.69 Å². The first-order valence-electron chi connectivity index (χ1n) is 4.63. The van der Waals surface area contributed by atoms with Crippen molar-refractivity contribution < 1.29 is 14.6 Å². The number of nitrogens with zero attached hydrogens (tertiary/aromatic N) is 2. The van der Waals surface area contributed by atoms with E-state index < -0.39 is 5.97 Å². The van der Waals surface area contributed by atoms with Crippen LogP contribution in [0.5, 0.6) is 5.75 Å². The zero-order valence-electron chi connectivity index (χ0n) is 8.62. The Labute approximate surface area is 91.9 Å². The summed E-state index contributed by atoms with van der Waals surface area (Å²) in [5, 5.41) is 8.91. The van der Waals surface area contributed by atoms with Crippen molar-refractivity contribution in [3.63, 3.8) is 0 Å². The van der Waals surface area contributed by atoms with Gasteiger partial charge in [-0.05, 0) is 24.3 Å². The molecule has 0 bridgehead atoms. The van der Waals surface area contributed by atoms with Gasteiger partial charge < -0.3 is 9.84 Å². The summed E-state index contributed by atoms with van der Waals surface area (Å²) in [5.74, 6) is -0.341. The maximum Gasteiger partial charge on any atom is 0.372 e. The van der Waals surface area contributed by atoms with Crippen LogP contribution in [0.3, 0.4) is 0 Å². The van der Waals surface area contributed by atoms with Crippen LogP contribution in [0.2, 0.25) is 0 Å². The van der Waals surface area contributed by atoms with Crippen LogP contribution < -0.4 is 4.74 Å². The largest absolute Gasteiger partial charge is 0.497 e. The van der Waals surface area contributed by atoms with Crippen LogP contribution in [-0.4, -0.2) is 27.7 Å². The molecule has 1 aromatic heterocycles. The molecule has 82 valence electrons. The van der Waals surface area contributed by atoms with Crippen molar-refractivity contribution in [2.45, 2.75) is 0 Å². The van der Waals surface area contributed by atoms with Gasteiger partial charge in [-0.1, -0.05) is 0 Å². The minimum Gasteiger partial charge on any atom is -0.497 e. The van der Waals surface area contributed by atoms with Gasteiger partial charge in [-0.15, -0.1) is 0 Å². The third-order valence-corrected chi connectivity index (χ3v) is 2.18. The van der Waals surface area contributed by atoms with Crippen molar-refractivity contribution in [2.24, 2.45) is 0 Å². The maximum absolute atomic E-state index is 10.9. The highest BCUT2D eigenvalue weighted by atomic mass is 16.5. The van der Waals surface area contributed by atoms with Gasteiger partial charge in [0.15, 0.2) is 0 Å². The highest BCUT2D eigenvalue weighted by Gasteiger charge is 2.11. The lowest BCUT2D eigenvalue weighted by Crippen LogP contribution is -2.07. The summed E-state index contributed by atoms with van der Waals surface area (Å²) >= 11 is 0. The van der Waals surface area contributed by atoms with Gasteiger partial charge in [0, 0.05) is 18.1 Å². The number of imidazole rings is 1. The van der Waals surface area contributed by atoms with Crippen molar-refractivity contribution in [3.8, 4) is 11.4 Å². The molecule has 5 nitrogen and oxygen atoms in total. The number of aromatic nitrogens is 2. The first-order valence-corrected chi connectivity index (χ1v) is 4.63. The van der Waals surface area contributed by atoms with Crippen LogP contribution in [-0.2, 0) is 0 Å². The molecule has 0 aliphatic heterocycles. The van der Waals surface area contributed by atoms with Crippen molar-refractivity contribution in [2.75, 3.05) is 7.11 Å². The van der Waals surface area contributed by atoms with E-state index in [0.717, 1.165) is 11.4 Å². The Hall–Kier alpha value is -2.30. The summed E-state index contributed by atoms with van der Waals surface area (Å²) in [6, 6.07) is 7.07. The summed E-state index contributed by atoms with van der Waals surface area (Å²) in [6.07, 6.45) is 3.05. The van der Waals surface area contributed by atoms with Crippen LogP contribution in [0.4, 0.5) is 0 Å². The van der Waals surface area contributed by atoms with E-state index in [1.807, 2.05) is 0 Å². The summed E-state index contributed by atoms with van der Waals surface area (Å²) in [7, 11) is 1.58. The number of carbonyl (C=O) groups is 1. The van der Waals surface area contributed by atoms with Gasteiger partial charge in [0.25, 0.3) is 0 Å². The number of methoxy groups -OCH3 is 1. The highest BCUT2D eigenvalue weighted by Crippen LogP contribution is 2.16. The Morgan fingerprint density at radius 1 is 1.38 bits per heavy atom. The van der Waals surface area contributed by atoms with Crippen LogP contribution in [0.1, 0.15) is 10.6 Å². The van der Waals surface area contributed by atoms with E-state index in [9.17, 15) is 4.79 Å². The second kappa shape index (κ2) is 4.06. The van der Waals surface area contributed by atoms with E-state index in [4.69, 9.17) is 9.84 Å². The van der Waals surface area contributed by atoms with Gasteiger partial charge in [-0.25, -0.2) is 9.78 Å². The molecule has 0 unspecified atom stereocenters. The van der Waals surface area contributed by atoms with E-state index >= 15 is 0 Å². The minimum absolute atomic E-state index is 0.00910. The molecular weight excluding hydrogens is 208 g/mol. The molecular formula is C11H10N2O3. The predicted octanol–water partition coefficient (Wildman–Crippen LogP) is 1.58. The molecule has 0 aliphatic rings. The van der Waals surface area contributed by atoms with E-state index in [0.29, 0.717) is 0 Å². The number of rotatable bonds is 3. The van der Waals surface area contributed by atoms with Crippen LogP contribution in [0, 0.1) is 0 Å². The van der Waals surface area contributed by atoms with Gasteiger partial charge in [-0.3, -0.25) is 4.57 Å². The monoisotopic (exact) mass is 218 g/mol. The fourth-order valence-electron chi connectivity index (χ4n) is 1.41. The quantitative estimate of drug-likeness (QED) is 0.849. The average Bonchev–Trinajstić information content (AvgIpc) is 2.78. The SMILES string of the molecule is COc1ccc(-n2ccnc2C(=O)O)cc1. The molecule has 0 saturated carbocycles. The van der Waals surface area contributed by atoms with Crippen molar-refractivity contribution in [1.82, 2.24) is 9.55 Å². The van der Waals surface area contributed by atoms with Gasteiger partial charge in [-0.2, -0.15) is 0 Å². The Morgan fingerprint density at radius 3 is 2.62 bits per heavy atom. The lowest BCUT2D eigenvalue weighted by atomic mass is 10.3. The van der Waals surface area contributed by atoms with Gasteiger partial charge in [0.1, 0.15) is 5.75 Å². The molecule has 0 amide bonds. The normalized spacial score (nSPS) is 10.1. The van der Waals surface area contributed by atoms with E-state index in [1.165, 1.54) is 10.8 Å². The highest BCUT2D eigenvalue weighted by molar-refractivity contribution is 5.84. The number of hydrogen-bond acceptors (Lipinski definition) is 3. The summed E-state index contributed by atoms with van der Waals surface area (Å²) in [6.45, 7) is 0. The number of carboxylic acids is 1. The summed E-state index contributed by atoms with van der Waals surface area (Å²) < 4.78 is 6.52. The molecule has 1 N–H and O–H groups in total. The van der Waals surface area contributed by atoms with Crippen LogP contribution in [0.15, 0.2) is 36.7 Å². The topological polar surface area (TPSA) is 64.4 Å². The molecule has 0 aliphatic carbocycles. The molecule has 5 heteroatoms. The van der Waals surface area contributed by atoms with E-state index in [-0.39, 0.29) is 5.82 Å². The van der Waals surface area contributed by atoms with E-state index in [1.54, 1.807) is 37.6 Å². The Kier molecular flexibility index (Phi) is 2.59. The van der Waals surface area contributed by atoms with Gasteiger partial charge >= 0.3 is 5.97 Å². The number of ether oxygens (including phenoxy) is 1. The van der Waals surface area contributed by atoms with Crippen molar-refractivity contribution in [1.29, 1.82) is 0 Å². The molecule has 0 atom stereocenters. The average molecular weight is 218 g/mol. The van der Waals surface area contributed by atoms with Gasteiger partial charge in [0.2, 0.25) is 5.82 Å². The fraction of sp³-hybridized carbons (Fsp3) is 0.0909. The lowest BCUT2D eigenvalue weighted by molar-refractivity contribution is 0.0681. The summed E-state index contributed by atoms with van der Waals surface area (Å²) in [5.41, 5.74) is 0.732. The Morgan fingerprint density at radius 2 is 2.06 bits per heavy atom. The zero-order valence-corrected chi connectivity index (χ0v) is 8.62. The fourth-order valence-corrected chi connectivity index (χ4v) is 1.41. The molecule has 0 spiro atoms. The van der Waals surface area contributed by atoms with E-state index in [2.05, 4.69) is 4.98 Å². The first-order chi connectivity index (χ1) is 7.72. The summed E-state index contributed by atoms with van der Waals surface area (Å²) in [4.78, 5) is 14.6. The first kappa shape index (κ1) is 10.2. The van der Waals surface area contributed by atoms with Gasteiger partial charge in [0.05, 0.1) is 7.11 Å². The number of carboxylic acid groups (broad SMARTS) is 1. The third-order valence-electron chi connectivity index (χ3n) is 2.18. The Bertz CT molecular complexity index is 502. The smallest absolute Gasteiger partial charge is 0.372 e. The molecule has 2 aromatic rings. The second-order valence-electron chi connectivity index (χ2n) is 3.12. The minimum atomic E-state index is -1.05. The van der Waals surface area contributed by atoms with Crippen molar-refractivity contribution in [3.05, 3.63) is 42.5 Å². The lowest BCUT2D eigenvalue weighted by Gasteiger charge is -2.05. The number of hydrogen-bond donors (Lipinski definition) is 1. The zero-order chi connectivity index (χ0) is 11.5. The molecule has 1 heterocycles. The molecule has 16 heavy (non-hydrogen) atoms. The molecule has 0 fully saturated rings. The second-order valence-corrected chi connectivity index (χ2v) is 3.12. The molecule has 1 aromatic carbocycles. The van der Waals surface area contributed by atoms with Crippen LogP contribution >= 0.6 is 0 Å². The predicted molar refractivity (Wildman–Crippen MR) is 57.1 cm³/mol. The molecule has 0 radical (unpaired) electrons. The number of aromatic carboxylic acids is 1. The Balaban J connectivity index is 2.42. The molecule has 0 saturated heterocycles.